The number of carbonyl (C=O) groups excluding carboxylic acids is 1. The molecule has 4 rings (SSSR count). The molecule has 7 heteroatoms. The Morgan fingerprint density at radius 2 is 2.25 bits per heavy atom. The Bertz CT molecular complexity index is 799. The average Bonchev–Trinajstić information content (AvgIpc) is 3.23. The Kier molecular flexibility index (Phi) is 4.17. The van der Waals surface area contributed by atoms with Crippen LogP contribution in [0, 0.1) is 0 Å². The third-order valence-corrected chi connectivity index (χ3v) is 5.28. The Labute approximate surface area is 143 Å². The predicted octanol–water partition coefficient (Wildman–Crippen LogP) is 2.81. The molecule has 0 spiro atoms. The molecule has 0 radical (unpaired) electrons. The van der Waals surface area contributed by atoms with Crippen molar-refractivity contribution in [3.63, 3.8) is 0 Å². The van der Waals surface area contributed by atoms with Crippen LogP contribution in [0.5, 0.6) is 0 Å². The fourth-order valence-corrected chi connectivity index (χ4v) is 3.97. The van der Waals surface area contributed by atoms with E-state index in [1.165, 1.54) is 6.42 Å². The van der Waals surface area contributed by atoms with E-state index in [2.05, 4.69) is 25.2 Å². The second kappa shape index (κ2) is 6.60. The van der Waals surface area contributed by atoms with Crippen molar-refractivity contribution in [1.82, 2.24) is 20.3 Å². The quantitative estimate of drug-likeness (QED) is 0.765. The molecule has 0 aliphatic carbocycles. The number of nitrogens with one attached hydrogen (secondary N) is 2. The van der Waals surface area contributed by atoms with Gasteiger partial charge in [0.15, 0.2) is 0 Å². The first-order chi connectivity index (χ1) is 11.8. The van der Waals surface area contributed by atoms with Gasteiger partial charge in [-0.15, -0.1) is 11.3 Å². The monoisotopic (exact) mass is 341 g/mol. The normalized spacial score (nSPS) is 18.0. The second-order valence-electron chi connectivity index (χ2n) is 5.98. The summed E-state index contributed by atoms with van der Waals surface area (Å²) in [5.74, 6) is 0.690. The molecule has 6 nitrogen and oxygen atoms in total. The second-order valence-corrected chi connectivity index (χ2v) is 6.93. The summed E-state index contributed by atoms with van der Waals surface area (Å²) in [4.78, 5) is 26.5. The smallest absolute Gasteiger partial charge is 0.267 e. The number of anilines is 1. The van der Waals surface area contributed by atoms with E-state index in [0.29, 0.717) is 12.2 Å². The number of piperidine rings is 1. The van der Waals surface area contributed by atoms with Crippen LogP contribution in [-0.2, 0) is 0 Å². The number of H-pyrrole nitrogens is 1. The minimum absolute atomic E-state index is 0.0575. The van der Waals surface area contributed by atoms with Gasteiger partial charge in [0.25, 0.3) is 5.91 Å². The van der Waals surface area contributed by atoms with Gasteiger partial charge < -0.3 is 15.2 Å². The Balaban J connectivity index is 1.43. The van der Waals surface area contributed by atoms with Gasteiger partial charge in [0.2, 0.25) is 5.95 Å². The fraction of sp³-hybridized carbons (Fsp3) is 0.353. The molecule has 24 heavy (non-hydrogen) atoms. The topological polar surface area (TPSA) is 73.9 Å². The molecule has 3 aromatic rings. The summed E-state index contributed by atoms with van der Waals surface area (Å²) in [5.41, 5.74) is 1.64. The van der Waals surface area contributed by atoms with E-state index in [0.717, 1.165) is 35.6 Å². The van der Waals surface area contributed by atoms with E-state index in [1.54, 1.807) is 23.7 Å². The van der Waals surface area contributed by atoms with Crippen molar-refractivity contribution in [1.29, 1.82) is 0 Å². The van der Waals surface area contributed by atoms with Crippen molar-refractivity contribution in [3.8, 4) is 0 Å². The van der Waals surface area contributed by atoms with E-state index < -0.39 is 0 Å². The van der Waals surface area contributed by atoms with E-state index in [9.17, 15) is 4.79 Å². The summed E-state index contributed by atoms with van der Waals surface area (Å²) in [6.07, 6.45) is 6.87. The van der Waals surface area contributed by atoms with E-state index in [-0.39, 0.29) is 11.9 Å². The van der Waals surface area contributed by atoms with Crippen molar-refractivity contribution in [2.24, 2.45) is 0 Å². The first-order valence-electron chi connectivity index (χ1n) is 8.19. The van der Waals surface area contributed by atoms with E-state index in [1.807, 2.05) is 23.6 Å². The predicted molar refractivity (Wildman–Crippen MR) is 95.5 cm³/mol. The number of nitrogens with zero attached hydrogens (tertiary/aromatic N) is 3. The van der Waals surface area contributed by atoms with E-state index in [4.69, 9.17) is 0 Å². The van der Waals surface area contributed by atoms with Gasteiger partial charge in [-0.3, -0.25) is 4.79 Å². The number of thiophene rings is 1. The van der Waals surface area contributed by atoms with Crippen molar-refractivity contribution >= 4 is 33.4 Å². The van der Waals surface area contributed by atoms with Crippen LogP contribution in [0.25, 0.3) is 10.2 Å². The molecule has 0 aromatic carbocycles. The maximum atomic E-state index is 12.4. The van der Waals surface area contributed by atoms with Gasteiger partial charge in [-0.25, -0.2) is 9.97 Å². The third-order valence-electron chi connectivity index (χ3n) is 4.42. The number of aromatic nitrogens is 3. The Morgan fingerprint density at radius 1 is 1.38 bits per heavy atom. The fourth-order valence-electron chi connectivity index (χ4n) is 3.19. The van der Waals surface area contributed by atoms with Crippen LogP contribution in [-0.4, -0.2) is 40.0 Å². The third kappa shape index (κ3) is 2.99. The minimum Gasteiger partial charge on any atom is -0.350 e. The van der Waals surface area contributed by atoms with Gasteiger partial charge in [-0.05, 0) is 42.8 Å². The zero-order chi connectivity index (χ0) is 16.4. The molecule has 1 saturated heterocycles. The molecule has 1 atom stereocenters. The van der Waals surface area contributed by atoms with Crippen LogP contribution >= 0.6 is 11.3 Å². The number of aromatic amines is 1. The average molecular weight is 341 g/mol. The lowest BCUT2D eigenvalue weighted by Gasteiger charge is -2.35. The number of fused-ring (bicyclic) bond motifs is 1. The SMILES string of the molecule is O=C(NCC1CCCCN1c1ncccn1)c1cc2sccc2[nH]1. The summed E-state index contributed by atoms with van der Waals surface area (Å²) < 4.78 is 1.11. The lowest BCUT2D eigenvalue weighted by molar-refractivity contribution is 0.0945. The molecule has 0 bridgehead atoms. The van der Waals surface area contributed by atoms with Gasteiger partial charge in [-0.2, -0.15) is 0 Å². The highest BCUT2D eigenvalue weighted by atomic mass is 32.1. The van der Waals surface area contributed by atoms with Gasteiger partial charge in [0.05, 0.1) is 10.2 Å². The van der Waals surface area contributed by atoms with Gasteiger partial charge in [0.1, 0.15) is 5.69 Å². The molecule has 124 valence electrons. The number of amides is 1. The molecule has 1 aliphatic rings. The Morgan fingerprint density at radius 3 is 3.08 bits per heavy atom. The molecule has 1 aliphatic heterocycles. The highest BCUT2D eigenvalue weighted by Gasteiger charge is 2.25. The zero-order valence-electron chi connectivity index (χ0n) is 13.2. The van der Waals surface area contributed by atoms with Crippen molar-refractivity contribution in [2.75, 3.05) is 18.0 Å². The van der Waals surface area contributed by atoms with Crippen LogP contribution in [0.4, 0.5) is 5.95 Å². The van der Waals surface area contributed by atoms with Gasteiger partial charge in [-0.1, -0.05) is 0 Å². The zero-order valence-corrected chi connectivity index (χ0v) is 14.1. The van der Waals surface area contributed by atoms with Gasteiger partial charge in [0, 0.05) is 31.5 Å². The summed E-state index contributed by atoms with van der Waals surface area (Å²) in [5, 5.41) is 5.07. The summed E-state index contributed by atoms with van der Waals surface area (Å²) in [6, 6.07) is 5.96. The summed E-state index contributed by atoms with van der Waals surface area (Å²) >= 11 is 1.63. The van der Waals surface area contributed by atoms with Crippen molar-refractivity contribution in [3.05, 3.63) is 41.7 Å². The molecule has 2 N–H and O–H groups in total. The van der Waals surface area contributed by atoms with Gasteiger partial charge >= 0.3 is 0 Å². The van der Waals surface area contributed by atoms with Crippen LogP contribution in [0.1, 0.15) is 29.8 Å². The van der Waals surface area contributed by atoms with E-state index >= 15 is 0 Å². The number of hydrogen-bond acceptors (Lipinski definition) is 5. The first-order valence-corrected chi connectivity index (χ1v) is 9.07. The molecule has 1 fully saturated rings. The summed E-state index contributed by atoms with van der Waals surface area (Å²) in [6.45, 7) is 1.53. The molecular weight excluding hydrogens is 322 g/mol. The van der Waals surface area contributed by atoms with Crippen LogP contribution in [0.2, 0.25) is 0 Å². The molecular formula is C17H19N5OS. The highest BCUT2D eigenvalue weighted by molar-refractivity contribution is 7.17. The minimum atomic E-state index is -0.0575. The van der Waals surface area contributed by atoms with Crippen LogP contribution in [0.3, 0.4) is 0 Å². The largest absolute Gasteiger partial charge is 0.350 e. The number of rotatable bonds is 4. The lowest BCUT2D eigenvalue weighted by atomic mass is 10.0. The molecule has 4 heterocycles. The highest BCUT2D eigenvalue weighted by Crippen LogP contribution is 2.22. The standard InChI is InChI=1S/C17H19N5OS/c23-16(14-10-15-13(21-14)5-9-24-15)20-11-12-4-1-2-8-22(12)17-18-6-3-7-19-17/h3,5-7,9-10,12,21H,1-2,4,8,11H2,(H,20,23). The molecule has 3 aromatic heterocycles. The summed E-state index contributed by atoms with van der Waals surface area (Å²) in [7, 11) is 0. The maximum absolute atomic E-state index is 12.4. The van der Waals surface area contributed by atoms with Crippen LogP contribution in [0.15, 0.2) is 36.0 Å². The van der Waals surface area contributed by atoms with Crippen LogP contribution < -0.4 is 10.2 Å². The number of carbonyl (C=O) groups is 1. The first kappa shape index (κ1) is 15.1. The van der Waals surface area contributed by atoms with Crippen molar-refractivity contribution < 1.29 is 4.79 Å². The molecule has 1 unspecified atom stereocenters. The molecule has 0 saturated carbocycles. The maximum Gasteiger partial charge on any atom is 0.267 e. The number of hydrogen-bond donors (Lipinski definition) is 2. The Hall–Kier alpha value is -2.41. The van der Waals surface area contributed by atoms with Crippen molar-refractivity contribution in [2.45, 2.75) is 25.3 Å². The molecule has 1 amide bonds. The lowest BCUT2D eigenvalue weighted by Crippen LogP contribution is -2.47.